The van der Waals surface area contributed by atoms with Gasteiger partial charge in [-0.15, -0.1) is 0 Å². The third-order valence-electron chi connectivity index (χ3n) is 4.36. The van der Waals surface area contributed by atoms with Gasteiger partial charge in [-0.1, -0.05) is 12.1 Å². The minimum atomic E-state index is -0.0637. The number of phenols is 1. The van der Waals surface area contributed by atoms with Crippen LogP contribution in [0.5, 0.6) is 5.75 Å². The van der Waals surface area contributed by atoms with Crippen LogP contribution in [0.3, 0.4) is 0 Å². The maximum absolute atomic E-state index is 11.5. The van der Waals surface area contributed by atoms with E-state index in [1.807, 2.05) is 12.1 Å². The van der Waals surface area contributed by atoms with Crippen LogP contribution >= 0.6 is 0 Å². The van der Waals surface area contributed by atoms with E-state index in [4.69, 9.17) is 0 Å². The first-order valence-electron chi connectivity index (χ1n) is 6.74. The fourth-order valence-electron chi connectivity index (χ4n) is 3.49. The summed E-state index contributed by atoms with van der Waals surface area (Å²) in [4.78, 5) is 11.5. The molecule has 2 saturated heterocycles. The predicted molar refractivity (Wildman–Crippen MR) is 70.0 cm³/mol. The average molecular weight is 245 g/mol. The number of rotatable bonds is 2. The Morgan fingerprint density at radius 1 is 1.28 bits per heavy atom. The summed E-state index contributed by atoms with van der Waals surface area (Å²) in [6, 6.07) is 6.74. The molecule has 0 radical (unpaired) electrons. The molecule has 1 aromatic rings. The second kappa shape index (κ2) is 4.39. The van der Waals surface area contributed by atoms with Gasteiger partial charge in [0.1, 0.15) is 5.75 Å². The van der Waals surface area contributed by atoms with E-state index in [0.717, 1.165) is 18.4 Å². The molecule has 96 valence electrons. The first-order chi connectivity index (χ1) is 8.65. The topological polar surface area (TPSA) is 49.3 Å². The van der Waals surface area contributed by atoms with E-state index in [-0.39, 0.29) is 11.5 Å². The second-order valence-electron chi connectivity index (χ2n) is 5.61. The number of carbonyl (C=O) groups excluding carboxylic acids is 1. The lowest BCUT2D eigenvalue weighted by Gasteiger charge is -2.30. The number of para-hydroxylation sites is 1. The van der Waals surface area contributed by atoms with Crippen molar-refractivity contribution in [2.24, 2.45) is 0 Å². The Labute approximate surface area is 107 Å². The molecule has 0 spiro atoms. The number of piperidine rings is 1. The third kappa shape index (κ3) is 1.93. The SMILES string of the molecule is CC(=O)c1cccc([C@H]2C[C@H]3CC[C@@H](C2)N3)c1O. The first-order valence-corrected chi connectivity index (χ1v) is 6.74. The number of aromatic hydroxyl groups is 1. The van der Waals surface area contributed by atoms with Gasteiger partial charge in [0, 0.05) is 12.1 Å². The van der Waals surface area contributed by atoms with Gasteiger partial charge in [0.05, 0.1) is 5.56 Å². The molecular weight excluding hydrogens is 226 g/mol. The van der Waals surface area contributed by atoms with Crippen molar-refractivity contribution in [2.75, 3.05) is 0 Å². The largest absolute Gasteiger partial charge is 0.507 e. The van der Waals surface area contributed by atoms with Crippen molar-refractivity contribution in [3.63, 3.8) is 0 Å². The van der Waals surface area contributed by atoms with Gasteiger partial charge in [0.25, 0.3) is 0 Å². The maximum Gasteiger partial charge on any atom is 0.163 e. The Balaban J connectivity index is 1.92. The Hall–Kier alpha value is -1.35. The number of carbonyl (C=O) groups is 1. The van der Waals surface area contributed by atoms with Crippen molar-refractivity contribution in [1.82, 2.24) is 5.32 Å². The van der Waals surface area contributed by atoms with E-state index in [1.165, 1.54) is 19.8 Å². The smallest absolute Gasteiger partial charge is 0.163 e. The Morgan fingerprint density at radius 3 is 2.56 bits per heavy atom. The zero-order chi connectivity index (χ0) is 12.7. The highest BCUT2D eigenvalue weighted by Crippen LogP contribution is 2.41. The summed E-state index contributed by atoms with van der Waals surface area (Å²) in [5, 5.41) is 13.9. The van der Waals surface area contributed by atoms with Crippen LogP contribution in [-0.2, 0) is 0 Å². The van der Waals surface area contributed by atoms with Crippen LogP contribution in [-0.4, -0.2) is 23.0 Å². The van der Waals surface area contributed by atoms with Crippen LogP contribution in [0.25, 0.3) is 0 Å². The molecule has 2 N–H and O–H groups in total. The third-order valence-corrected chi connectivity index (χ3v) is 4.36. The summed E-state index contributed by atoms with van der Waals surface area (Å²) in [6.07, 6.45) is 4.64. The van der Waals surface area contributed by atoms with E-state index in [0.29, 0.717) is 23.6 Å². The molecule has 3 nitrogen and oxygen atoms in total. The van der Waals surface area contributed by atoms with Crippen LogP contribution in [0.1, 0.15) is 54.4 Å². The summed E-state index contributed by atoms with van der Waals surface area (Å²) in [6.45, 7) is 1.50. The fourth-order valence-corrected chi connectivity index (χ4v) is 3.49. The molecule has 3 atom stereocenters. The average Bonchev–Trinajstić information content (AvgIpc) is 2.68. The molecule has 0 amide bonds. The van der Waals surface area contributed by atoms with Gasteiger partial charge in [-0.05, 0) is 50.2 Å². The lowest BCUT2D eigenvalue weighted by molar-refractivity contribution is 0.101. The lowest BCUT2D eigenvalue weighted by Crippen LogP contribution is -2.37. The molecule has 18 heavy (non-hydrogen) atoms. The van der Waals surface area contributed by atoms with Crippen LogP contribution in [0.2, 0.25) is 0 Å². The number of phenolic OH excluding ortho intramolecular Hbond substituents is 1. The lowest BCUT2D eigenvalue weighted by atomic mass is 9.84. The van der Waals surface area contributed by atoms with Crippen LogP contribution in [0, 0.1) is 0 Å². The van der Waals surface area contributed by atoms with Gasteiger partial charge in [0.15, 0.2) is 5.78 Å². The van der Waals surface area contributed by atoms with E-state index >= 15 is 0 Å². The monoisotopic (exact) mass is 245 g/mol. The summed E-state index contributed by atoms with van der Waals surface area (Å²) in [5.41, 5.74) is 1.42. The number of Topliss-reactive ketones (excluding diaryl/α,β-unsaturated/α-hetero) is 1. The molecular formula is C15H19NO2. The molecule has 2 bridgehead atoms. The summed E-state index contributed by atoms with van der Waals surface area (Å²) in [7, 11) is 0. The summed E-state index contributed by atoms with van der Waals surface area (Å²) >= 11 is 0. The number of benzene rings is 1. The van der Waals surface area contributed by atoms with E-state index in [2.05, 4.69) is 5.32 Å². The van der Waals surface area contributed by atoms with Crippen molar-refractivity contribution in [3.05, 3.63) is 29.3 Å². The van der Waals surface area contributed by atoms with Crippen LogP contribution in [0.15, 0.2) is 18.2 Å². The molecule has 2 heterocycles. The molecule has 1 aromatic carbocycles. The minimum absolute atomic E-state index is 0.0637. The number of fused-ring (bicyclic) bond motifs is 2. The molecule has 2 aliphatic rings. The quantitative estimate of drug-likeness (QED) is 0.787. The summed E-state index contributed by atoms with van der Waals surface area (Å²) < 4.78 is 0. The maximum atomic E-state index is 11.5. The zero-order valence-electron chi connectivity index (χ0n) is 10.6. The highest BCUT2D eigenvalue weighted by atomic mass is 16.3. The predicted octanol–water partition coefficient (Wildman–Crippen LogP) is 2.59. The standard InChI is InChI=1S/C15H19NO2/c1-9(17)13-3-2-4-14(15(13)18)10-7-11-5-6-12(8-10)16-11/h2-4,10-12,16,18H,5-8H2,1H3/t10-,11+,12-. The van der Waals surface area contributed by atoms with Crippen molar-refractivity contribution < 1.29 is 9.90 Å². The molecule has 3 heteroatoms. The van der Waals surface area contributed by atoms with Crippen molar-refractivity contribution in [1.29, 1.82) is 0 Å². The highest BCUT2D eigenvalue weighted by Gasteiger charge is 2.35. The van der Waals surface area contributed by atoms with Gasteiger partial charge in [-0.25, -0.2) is 0 Å². The number of hydrogen-bond acceptors (Lipinski definition) is 3. The summed E-state index contributed by atoms with van der Waals surface area (Å²) in [5.74, 6) is 0.533. The second-order valence-corrected chi connectivity index (χ2v) is 5.61. The normalized spacial score (nSPS) is 30.4. The van der Waals surface area contributed by atoms with Crippen molar-refractivity contribution in [3.8, 4) is 5.75 Å². The van der Waals surface area contributed by atoms with E-state index in [9.17, 15) is 9.90 Å². The van der Waals surface area contributed by atoms with Crippen molar-refractivity contribution in [2.45, 2.75) is 50.6 Å². The minimum Gasteiger partial charge on any atom is -0.507 e. The number of nitrogens with one attached hydrogen (secondary N) is 1. The molecule has 0 aromatic heterocycles. The van der Waals surface area contributed by atoms with E-state index in [1.54, 1.807) is 6.07 Å². The Morgan fingerprint density at radius 2 is 1.94 bits per heavy atom. The van der Waals surface area contributed by atoms with Gasteiger partial charge < -0.3 is 10.4 Å². The molecule has 0 aliphatic carbocycles. The molecule has 0 unspecified atom stereocenters. The first kappa shape index (κ1) is 11.7. The number of hydrogen-bond donors (Lipinski definition) is 2. The van der Waals surface area contributed by atoms with Gasteiger partial charge >= 0.3 is 0 Å². The zero-order valence-corrected chi connectivity index (χ0v) is 10.6. The number of ketones is 1. The molecule has 2 fully saturated rings. The van der Waals surface area contributed by atoms with Gasteiger partial charge in [0.2, 0.25) is 0 Å². The van der Waals surface area contributed by atoms with Gasteiger partial charge in [-0.3, -0.25) is 4.79 Å². The van der Waals surface area contributed by atoms with Crippen molar-refractivity contribution >= 4 is 5.78 Å². The Kier molecular flexibility index (Phi) is 2.86. The molecule has 0 saturated carbocycles. The van der Waals surface area contributed by atoms with Gasteiger partial charge in [-0.2, -0.15) is 0 Å². The molecule has 2 aliphatic heterocycles. The molecule has 3 rings (SSSR count). The van der Waals surface area contributed by atoms with Crippen LogP contribution in [0.4, 0.5) is 0 Å². The van der Waals surface area contributed by atoms with Crippen LogP contribution < -0.4 is 5.32 Å². The van der Waals surface area contributed by atoms with E-state index < -0.39 is 0 Å². The fraction of sp³-hybridized carbons (Fsp3) is 0.533. The Bertz CT molecular complexity index is 471. The highest BCUT2D eigenvalue weighted by molar-refractivity contribution is 5.97.